The molecule has 0 aliphatic carbocycles. The van der Waals surface area contributed by atoms with Gasteiger partial charge in [-0.05, 0) is 30.3 Å². The lowest BCUT2D eigenvalue weighted by Crippen LogP contribution is -1.99. The predicted molar refractivity (Wildman–Crippen MR) is 73.4 cm³/mol. The van der Waals surface area contributed by atoms with Crippen LogP contribution < -0.4 is 11.1 Å². The summed E-state index contributed by atoms with van der Waals surface area (Å²) in [4.78, 5) is 4.07. The van der Waals surface area contributed by atoms with Crippen molar-refractivity contribution in [3.8, 4) is 0 Å². The zero-order valence-corrected chi connectivity index (χ0v) is 10.8. The van der Waals surface area contributed by atoms with Crippen molar-refractivity contribution in [2.45, 2.75) is 0 Å². The molecule has 0 bridgehead atoms. The van der Waals surface area contributed by atoms with Crippen LogP contribution in [0.3, 0.4) is 0 Å². The van der Waals surface area contributed by atoms with E-state index in [-0.39, 0.29) is 0 Å². The van der Waals surface area contributed by atoms with E-state index < -0.39 is 0 Å². The Balaban J connectivity index is 2.31. The summed E-state index contributed by atoms with van der Waals surface area (Å²) in [7, 11) is 0. The molecule has 3 N–H and O–H groups in total. The number of hydrogen-bond acceptors (Lipinski definition) is 3. The second-order valence-corrected chi connectivity index (χ2v) is 4.53. The molecule has 0 saturated carbocycles. The van der Waals surface area contributed by atoms with Crippen LogP contribution in [-0.2, 0) is 0 Å². The fraction of sp³-hybridized carbons (Fsp3) is 0. The molecular formula is C11H8Cl3N3. The van der Waals surface area contributed by atoms with Crippen molar-refractivity contribution in [3.05, 3.63) is 45.5 Å². The van der Waals surface area contributed by atoms with Gasteiger partial charge in [-0.1, -0.05) is 34.8 Å². The molecule has 2 rings (SSSR count). The summed E-state index contributed by atoms with van der Waals surface area (Å²) < 4.78 is 0. The van der Waals surface area contributed by atoms with Crippen LogP contribution in [0.15, 0.2) is 30.3 Å². The first-order valence-electron chi connectivity index (χ1n) is 4.70. The van der Waals surface area contributed by atoms with Crippen molar-refractivity contribution in [1.82, 2.24) is 4.98 Å². The summed E-state index contributed by atoms with van der Waals surface area (Å²) in [5.74, 6) is 0.482. The first kappa shape index (κ1) is 12.3. The molecule has 3 nitrogen and oxygen atoms in total. The van der Waals surface area contributed by atoms with E-state index in [4.69, 9.17) is 40.5 Å². The number of nitrogens with zero attached hydrogens (tertiary/aromatic N) is 1. The molecule has 1 aromatic carbocycles. The van der Waals surface area contributed by atoms with Crippen LogP contribution >= 0.6 is 34.8 Å². The Labute approximate surface area is 114 Å². The lowest BCUT2D eigenvalue weighted by Gasteiger charge is -2.09. The molecular weight excluding hydrogens is 281 g/mol. The second-order valence-electron chi connectivity index (χ2n) is 3.33. The van der Waals surface area contributed by atoms with Crippen LogP contribution in [-0.4, -0.2) is 4.98 Å². The van der Waals surface area contributed by atoms with Crippen LogP contribution in [0.2, 0.25) is 15.2 Å². The monoisotopic (exact) mass is 287 g/mol. The van der Waals surface area contributed by atoms with Crippen molar-refractivity contribution in [2.75, 3.05) is 11.1 Å². The molecule has 0 unspecified atom stereocenters. The van der Waals surface area contributed by atoms with E-state index in [1.807, 2.05) is 0 Å². The predicted octanol–water partition coefficient (Wildman–Crippen LogP) is 4.37. The van der Waals surface area contributed by atoms with Crippen LogP contribution in [0.25, 0.3) is 0 Å². The highest BCUT2D eigenvalue weighted by atomic mass is 35.5. The van der Waals surface area contributed by atoms with Crippen LogP contribution in [0, 0.1) is 0 Å². The molecule has 1 aromatic heterocycles. The number of hydrogen-bond donors (Lipinski definition) is 2. The van der Waals surface area contributed by atoms with Crippen molar-refractivity contribution in [1.29, 1.82) is 0 Å². The number of nitrogens with two attached hydrogens (primary N) is 1. The maximum Gasteiger partial charge on any atom is 0.155 e. The van der Waals surface area contributed by atoms with Crippen molar-refractivity contribution < 1.29 is 0 Å². The third-order valence-corrected chi connectivity index (χ3v) is 3.02. The maximum atomic E-state index is 5.90. The van der Waals surface area contributed by atoms with Gasteiger partial charge in [0.2, 0.25) is 0 Å². The molecule has 0 radical (unpaired) electrons. The van der Waals surface area contributed by atoms with Gasteiger partial charge < -0.3 is 11.1 Å². The van der Waals surface area contributed by atoms with Crippen LogP contribution in [0.4, 0.5) is 17.2 Å². The van der Waals surface area contributed by atoms with E-state index in [2.05, 4.69) is 10.3 Å². The summed E-state index contributed by atoms with van der Waals surface area (Å²) in [5.41, 5.74) is 7.00. The first-order chi connectivity index (χ1) is 8.06. The number of halogens is 3. The Morgan fingerprint density at radius 2 is 1.76 bits per heavy atom. The van der Waals surface area contributed by atoms with Gasteiger partial charge in [0.1, 0.15) is 5.15 Å². The standard InChI is InChI=1S/C11H8Cl3N3/c12-7-2-1-6(5-8(7)13)16-11-9(15)3-4-10(14)17-11/h1-5H,15H2,(H,16,17). The van der Waals surface area contributed by atoms with Gasteiger partial charge in [-0.2, -0.15) is 0 Å². The van der Waals surface area contributed by atoms with Crippen LogP contribution in [0.1, 0.15) is 0 Å². The van der Waals surface area contributed by atoms with E-state index in [0.29, 0.717) is 26.7 Å². The zero-order chi connectivity index (χ0) is 12.4. The van der Waals surface area contributed by atoms with Gasteiger partial charge in [0.05, 0.1) is 15.7 Å². The summed E-state index contributed by atoms with van der Waals surface area (Å²) >= 11 is 17.5. The van der Waals surface area contributed by atoms with E-state index in [0.717, 1.165) is 5.69 Å². The topological polar surface area (TPSA) is 50.9 Å². The Kier molecular flexibility index (Phi) is 3.62. The minimum Gasteiger partial charge on any atom is -0.396 e. The van der Waals surface area contributed by atoms with Gasteiger partial charge >= 0.3 is 0 Å². The number of benzene rings is 1. The molecule has 0 fully saturated rings. The van der Waals surface area contributed by atoms with E-state index in [1.165, 1.54) is 0 Å². The number of anilines is 3. The number of aromatic nitrogens is 1. The molecule has 88 valence electrons. The Morgan fingerprint density at radius 1 is 1.00 bits per heavy atom. The minimum absolute atomic E-state index is 0.363. The molecule has 0 aliphatic heterocycles. The fourth-order valence-electron chi connectivity index (χ4n) is 1.26. The number of pyridine rings is 1. The van der Waals surface area contributed by atoms with Gasteiger partial charge in [-0.25, -0.2) is 4.98 Å². The van der Waals surface area contributed by atoms with Crippen molar-refractivity contribution in [2.24, 2.45) is 0 Å². The highest BCUT2D eigenvalue weighted by Gasteiger charge is 2.04. The van der Waals surface area contributed by atoms with E-state index in [9.17, 15) is 0 Å². The van der Waals surface area contributed by atoms with Gasteiger partial charge in [0.25, 0.3) is 0 Å². The lowest BCUT2D eigenvalue weighted by atomic mass is 10.3. The highest BCUT2D eigenvalue weighted by molar-refractivity contribution is 6.42. The summed E-state index contributed by atoms with van der Waals surface area (Å²) in [5, 5.41) is 4.33. The average Bonchev–Trinajstić information content (AvgIpc) is 2.29. The molecule has 0 aliphatic rings. The fourth-order valence-corrected chi connectivity index (χ4v) is 1.70. The quantitative estimate of drug-likeness (QED) is 0.807. The van der Waals surface area contributed by atoms with Crippen molar-refractivity contribution in [3.63, 3.8) is 0 Å². The molecule has 17 heavy (non-hydrogen) atoms. The SMILES string of the molecule is Nc1ccc(Cl)nc1Nc1ccc(Cl)c(Cl)c1. The Hall–Kier alpha value is -1.16. The molecule has 0 amide bonds. The smallest absolute Gasteiger partial charge is 0.155 e. The first-order valence-corrected chi connectivity index (χ1v) is 5.84. The zero-order valence-electron chi connectivity index (χ0n) is 8.55. The molecule has 6 heteroatoms. The van der Waals surface area contributed by atoms with E-state index in [1.54, 1.807) is 30.3 Å². The highest BCUT2D eigenvalue weighted by Crippen LogP contribution is 2.28. The molecule has 2 aromatic rings. The Morgan fingerprint density at radius 3 is 2.47 bits per heavy atom. The average molecular weight is 289 g/mol. The van der Waals surface area contributed by atoms with Gasteiger partial charge in [0.15, 0.2) is 5.82 Å². The normalized spacial score (nSPS) is 10.3. The summed E-state index contributed by atoms with van der Waals surface area (Å²) in [6.07, 6.45) is 0. The Bertz CT molecular complexity index is 558. The van der Waals surface area contributed by atoms with Gasteiger partial charge in [0, 0.05) is 5.69 Å². The summed E-state index contributed by atoms with van der Waals surface area (Å²) in [6, 6.07) is 8.45. The third-order valence-electron chi connectivity index (χ3n) is 2.07. The largest absolute Gasteiger partial charge is 0.396 e. The van der Waals surface area contributed by atoms with Crippen molar-refractivity contribution >= 4 is 52.0 Å². The van der Waals surface area contributed by atoms with Gasteiger partial charge in [-0.3, -0.25) is 0 Å². The number of nitrogens with one attached hydrogen (secondary N) is 1. The summed E-state index contributed by atoms with van der Waals surface area (Å²) in [6.45, 7) is 0. The molecule has 0 atom stereocenters. The maximum absolute atomic E-state index is 5.90. The minimum atomic E-state index is 0.363. The van der Waals surface area contributed by atoms with E-state index >= 15 is 0 Å². The molecule has 1 heterocycles. The van der Waals surface area contributed by atoms with Gasteiger partial charge in [-0.15, -0.1) is 0 Å². The second kappa shape index (κ2) is 5.00. The third kappa shape index (κ3) is 2.94. The molecule has 0 spiro atoms. The number of nitrogen functional groups attached to an aromatic ring is 1. The van der Waals surface area contributed by atoms with Crippen LogP contribution in [0.5, 0.6) is 0 Å². The lowest BCUT2D eigenvalue weighted by molar-refractivity contribution is 1.31. The number of rotatable bonds is 2. The molecule has 0 saturated heterocycles.